The maximum absolute atomic E-state index is 9.74. The second-order valence-corrected chi connectivity index (χ2v) is 3.82. The summed E-state index contributed by atoms with van der Waals surface area (Å²) in [4.78, 5) is 0. The Morgan fingerprint density at radius 2 is 1.47 bits per heavy atom. The van der Waals surface area contributed by atoms with Gasteiger partial charge in [0.05, 0.1) is 0 Å². The molecule has 8 N–H and O–H groups in total. The van der Waals surface area contributed by atoms with Gasteiger partial charge < -0.3 is 36.6 Å². The van der Waals surface area contributed by atoms with Crippen LogP contribution < -0.4 is 16.2 Å². The highest BCUT2D eigenvalue weighted by Crippen LogP contribution is 2.45. The van der Waals surface area contributed by atoms with Crippen LogP contribution in [-0.2, 0) is 0 Å². The lowest BCUT2D eigenvalue weighted by molar-refractivity contribution is 0.378. The molecular formula is C12H12N2O5. The number of ether oxygens (including phenoxy) is 1. The van der Waals surface area contributed by atoms with E-state index >= 15 is 0 Å². The fourth-order valence-electron chi connectivity index (χ4n) is 1.45. The fourth-order valence-corrected chi connectivity index (χ4v) is 1.45. The maximum atomic E-state index is 9.74. The molecule has 0 bridgehead atoms. The predicted octanol–water partition coefficient (Wildman–Crippen LogP) is 1.47. The Hall–Kier alpha value is -2.96. The Balaban J connectivity index is 2.47. The number of hydrogen-bond donors (Lipinski definition) is 6. The third-order valence-electron chi connectivity index (χ3n) is 2.49. The van der Waals surface area contributed by atoms with E-state index in [1.165, 1.54) is 12.1 Å². The van der Waals surface area contributed by atoms with Crippen molar-refractivity contribution < 1.29 is 25.2 Å². The van der Waals surface area contributed by atoms with E-state index in [-0.39, 0.29) is 40.1 Å². The number of nitrogens with two attached hydrogens (primary N) is 2. The van der Waals surface area contributed by atoms with Gasteiger partial charge in [-0.1, -0.05) is 0 Å². The summed E-state index contributed by atoms with van der Waals surface area (Å²) in [7, 11) is 0. The molecule has 0 atom stereocenters. The minimum atomic E-state index is -0.474. The van der Waals surface area contributed by atoms with E-state index in [1.807, 2.05) is 0 Å². The third kappa shape index (κ3) is 2.21. The molecule has 0 aliphatic rings. The number of phenols is 4. The summed E-state index contributed by atoms with van der Waals surface area (Å²) in [5, 5.41) is 38.1. The Kier molecular flexibility index (Phi) is 2.88. The third-order valence-corrected chi connectivity index (χ3v) is 2.49. The molecule has 0 aromatic heterocycles. The van der Waals surface area contributed by atoms with Crippen LogP contribution in [0.5, 0.6) is 34.5 Å². The summed E-state index contributed by atoms with van der Waals surface area (Å²) in [5.74, 6) is -1.56. The highest BCUT2D eigenvalue weighted by Gasteiger charge is 2.16. The molecule has 2 aromatic carbocycles. The molecule has 7 nitrogen and oxygen atoms in total. The van der Waals surface area contributed by atoms with Gasteiger partial charge in [-0.05, 0) is 12.1 Å². The molecule has 19 heavy (non-hydrogen) atoms. The van der Waals surface area contributed by atoms with Crippen LogP contribution in [0, 0.1) is 0 Å². The monoisotopic (exact) mass is 264 g/mol. The molecule has 2 rings (SSSR count). The van der Waals surface area contributed by atoms with Crippen molar-refractivity contribution in [2.45, 2.75) is 0 Å². The second-order valence-electron chi connectivity index (χ2n) is 3.82. The Bertz CT molecular complexity index is 643. The van der Waals surface area contributed by atoms with Gasteiger partial charge in [0.25, 0.3) is 0 Å². The van der Waals surface area contributed by atoms with Crippen LogP contribution in [-0.4, -0.2) is 20.4 Å². The van der Waals surface area contributed by atoms with E-state index in [2.05, 4.69) is 0 Å². The molecule has 0 spiro atoms. The van der Waals surface area contributed by atoms with Crippen molar-refractivity contribution in [1.29, 1.82) is 0 Å². The SMILES string of the molecule is Nc1c(O)cc(Oc2cc(O)ccc2O)c(O)c1N. The molecule has 0 fully saturated rings. The number of benzene rings is 2. The lowest BCUT2D eigenvalue weighted by atomic mass is 10.2. The first-order valence-corrected chi connectivity index (χ1v) is 5.20. The quantitative estimate of drug-likeness (QED) is 0.274. The Morgan fingerprint density at radius 3 is 2.16 bits per heavy atom. The number of aromatic hydroxyl groups is 4. The minimum absolute atomic E-state index is 0.112. The molecule has 7 heteroatoms. The average molecular weight is 264 g/mol. The zero-order chi connectivity index (χ0) is 14.2. The summed E-state index contributed by atoms with van der Waals surface area (Å²) in [5.41, 5.74) is 10.5. The van der Waals surface area contributed by atoms with E-state index in [9.17, 15) is 20.4 Å². The van der Waals surface area contributed by atoms with Gasteiger partial charge in [0.15, 0.2) is 23.0 Å². The number of anilines is 2. The summed E-state index contributed by atoms with van der Waals surface area (Å²) in [6, 6.07) is 4.65. The first kappa shape index (κ1) is 12.5. The van der Waals surface area contributed by atoms with Crippen molar-refractivity contribution >= 4 is 11.4 Å². The van der Waals surface area contributed by atoms with Crippen LogP contribution in [0.25, 0.3) is 0 Å². The molecule has 0 saturated heterocycles. The molecule has 100 valence electrons. The van der Waals surface area contributed by atoms with Crippen LogP contribution in [0.15, 0.2) is 24.3 Å². The first-order chi connectivity index (χ1) is 8.90. The summed E-state index contributed by atoms with van der Waals surface area (Å²) in [6.45, 7) is 0. The van der Waals surface area contributed by atoms with Crippen molar-refractivity contribution in [3.8, 4) is 34.5 Å². The number of phenolic OH excluding ortho intramolecular Hbond substituents is 4. The van der Waals surface area contributed by atoms with Crippen LogP contribution in [0.1, 0.15) is 0 Å². The van der Waals surface area contributed by atoms with E-state index in [0.717, 1.165) is 12.1 Å². The number of hydrogen-bond acceptors (Lipinski definition) is 7. The van der Waals surface area contributed by atoms with Crippen LogP contribution in [0.3, 0.4) is 0 Å². The van der Waals surface area contributed by atoms with Crippen molar-refractivity contribution in [3.63, 3.8) is 0 Å². The predicted molar refractivity (Wildman–Crippen MR) is 68.4 cm³/mol. The van der Waals surface area contributed by atoms with Crippen LogP contribution >= 0.6 is 0 Å². The molecule has 2 aromatic rings. The van der Waals surface area contributed by atoms with Gasteiger partial charge in [-0.3, -0.25) is 0 Å². The molecule has 0 radical (unpaired) electrons. The highest BCUT2D eigenvalue weighted by atomic mass is 16.5. The van der Waals surface area contributed by atoms with Crippen molar-refractivity contribution in [2.24, 2.45) is 0 Å². The molecular weight excluding hydrogens is 252 g/mol. The Labute approximate surface area is 107 Å². The first-order valence-electron chi connectivity index (χ1n) is 5.20. The topological polar surface area (TPSA) is 142 Å². The van der Waals surface area contributed by atoms with Crippen LogP contribution in [0.2, 0.25) is 0 Å². The van der Waals surface area contributed by atoms with E-state index in [1.54, 1.807) is 0 Å². The van der Waals surface area contributed by atoms with E-state index in [0.29, 0.717) is 0 Å². The van der Waals surface area contributed by atoms with Crippen LogP contribution in [0.4, 0.5) is 11.4 Å². The number of rotatable bonds is 2. The standard InChI is InChI=1S/C12H12N2O5/c13-10-7(17)4-9(12(18)11(10)14)19-8-3-5(15)1-2-6(8)16/h1-4,15-18H,13-14H2. The Morgan fingerprint density at radius 1 is 0.789 bits per heavy atom. The lowest BCUT2D eigenvalue weighted by Crippen LogP contribution is -1.97. The highest BCUT2D eigenvalue weighted by molar-refractivity contribution is 5.80. The van der Waals surface area contributed by atoms with Gasteiger partial charge in [0.1, 0.15) is 22.9 Å². The largest absolute Gasteiger partial charge is 0.508 e. The molecule has 0 aliphatic heterocycles. The summed E-state index contributed by atoms with van der Waals surface area (Å²) < 4.78 is 5.18. The lowest BCUT2D eigenvalue weighted by Gasteiger charge is -2.13. The average Bonchev–Trinajstić information content (AvgIpc) is 2.37. The van der Waals surface area contributed by atoms with Gasteiger partial charge in [-0.2, -0.15) is 0 Å². The summed E-state index contributed by atoms with van der Waals surface area (Å²) in [6.07, 6.45) is 0. The van der Waals surface area contributed by atoms with Crippen molar-refractivity contribution in [2.75, 3.05) is 11.5 Å². The van der Waals surface area contributed by atoms with Crippen molar-refractivity contribution in [3.05, 3.63) is 24.3 Å². The van der Waals surface area contributed by atoms with E-state index in [4.69, 9.17) is 16.2 Å². The maximum Gasteiger partial charge on any atom is 0.184 e. The summed E-state index contributed by atoms with van der Waals surface area (Å²) >= 11 is 0. The molecule has 0 unspecified atom stereocenters. The zero-order valence-electron chi connectivity index (χ0n) is 9.66. The van der Waals surface area contributed by atoms with E-state index < -0.39 is 5.75 Å². The molecule has 0 heterocycles. The molecule has 0 aliphatic carbocycles. The zero-order valence-corrected chi connectivity index (χ0v) is 9.66. The minimum Gasteiger partial charge on any atom is -0.508 e. The fraction of sp³-hybridized carbons (Fsp3) is 0. The van der Waals surface area contributed by atoms with Gasteiger partial charge in [-0.15, -0.1) is 0 Å². The normalized spacial score (nSPS) is 10.3. The second kappa shape index (κ2) is 4.37. The smallest absolute Gasteiger partial charge is 0.184 e. The van der Waals surface area contributed by atoms with Gasteiger partial charge in [-0.25, -0.2) is 0 Å². The number of nitrogen functional groups attached to an aromatic ring is 2. The van der Waals surface area contributed by atoms with Gasteiger partial charge in [0, 0.05) is 12.1 Å². The van der Waals surface area contributed by atoms with Crippen molar-refractivity contribution in [1.82, 2.24) is 0 Å². The molecule has 0 saturated carbocycles. The molecule has 0 amide bonds. The van der Waals surface area contributed by atoms with Gasteiger partial charge >= 0.3 is 0 Å². The van der Waals surface area contributed by atoms with Gasteiger partial charge in [0.2, 0.25) is 0 Å².